The number of hydrogen-bond acceptors (Lipinski definition) is 4. The SMILES string of the molecule is NC(c1cnn(-c2ccccc2)n1)c1cscc1Br. The van der Waals surface area contributed by atoms with Gasteiger partial charge in [-0.2, -0.15) is 26.3 Å². The van der Waals surface area contributed by atoms with Crippen LogP contribution in [0.15, 0.2) is 51.8 Å². The van der Waals surface area contributed by atoms with E-state index in [1.54, 1.807) is 22.3 Å². The van der Waals surface area contributed by atoms with Crippen molar-refractivity contribution in [3.8, 4) is 5.69 Å². The molecule has 2 aromatic heterocycles. The number of aromatic nitrogens is 3. The molecule has 0 aliphatic heterocycles. The van der Waals surface area contributed by atoms with Crippen molar-refractivity contribution >= 4 is 27.3 Å². The van der Waals surface area contributed by atoms with Crippen LogP contribution in [0.1, 0.15) is 17.3 Å². The average Bonchev–Trinajstić information content (AvgIpc) is 3.08. The maximum atomic E-state index is 6.21. The van der Waals surface area contributed by atoms with Crippen LogP contribution in [0.3, 0.4) is 0 Å². The van der Waals surface area contributed by atoms with Crippen molar-refractivity contribution in [3.63, 3.8) is 0 Å². The van der Waals surface area contributed by atoms with E-state index in [2.05, 4.69) is 26.1 Å². The zero-order chi connectivity index (χ0) is 13.2. The summed E-state index contributed by atoms with van der Waals surface area (Å²) in [6, 6.07) is 9.51. The summed E-state index contributed by atoms with van der Waals surface area (Å²) in [5, 5.41) is 12.7. The number of para-hydroxylation sites is 1. The molecule has 0 bridgehead atoms. The van der Waals surface area contributed by atoms with E-state index in [4.69, 9.17) is 5.73 Å². The largest absolute Gasteiger partial charge is 0.319 e. The van der Waals surface area contributed by atoms with E-state index in [0.29, 0.717) is 0 Å². The number of rotatable bonds is 3. The molecule has 0 amide bonds. The fourth-order valence-corrected chi connectivity index (χ4v) is 3.36. The van der Waals surface area contributed by atoms with Gasteiger partial charge in [-0.05, 0) is 39.0 Å². The van der Waals surface area contributed by atoms with Crippen LogP contribution in [0.25, 0.3) is 5.69 Å². The van der Waals surface area contributed by atoms with Gasteiger partial charge in [0, 0.05) is 9.85 Å². The predicted molar refractivity (Wildman–Crippen MR) is 79.4 cm³/mol. The molecule has 6 heteroatoms. The quantitative estimate of drug-likeness (QED) is 0.800. The van der Waals surface area contributed by atoms with Gasteiger partial charge in [-0.3, -0.25) is 0 Å². The van der Waals surface area contributed by atoms with Crippen LogP contribution in [0.5, 0.6) is 0 Å². The highest BCUT2D eigenvalue weighted by Crippen LogP contribution is 2.29. The molecule has 0 spiro atoms. The maximum absolute atomic E-state index is 6.21. The lowest BCUT2D eigenvalue weighted by Gasteiger charge is -2.06. The normalized spacial score (nSPS) is 12.5. The molecule has 0 aliphatic rings. The second-order valence-electron chi connectivity index (χ2n) is 4.05. The lowest BCUT2D eigenvalue weighted by atomic mass is 10.1. The molecule has 3 rings (SSSR count). The molecule has 3 aromatic rings. The molecule has 96 valence electrons. The summed E-state index contributed by atoms with van der Waals surface area (Å²) in [7, 11) is 0. The van der Waals surface area contributed by atoms with Crippen LogP contribution in [-0.2, 0) is 0 Å². The van der Waals surface area contributed by atoms with Gasteiger partial charge in [0.2, 0.25) is 0 Å². The number of hydrogen-bond donors (Lipinski definition) is 1. The van der Waals surface area contributed by atoms with Gasteiger partial charge in [0.25, 0.3) is 0 Å². The van der Waals surface area contributed by atoms with Crippen molar-refractivity contribution in [2.45, 2.75) is 6.04 Å². The second-order valence-corrected chi connectivity index (χ2v) is 5.65. The molecule has 0 radical (unpaired) electrons. The molecule has 1 atom stereocenters. The van der Waals surface area contributed by atoms with Crippen molar-refractivity contribution in [3.05, 3.63) is 63.0 Å². The predicted octanol–water partition coefficient (Wildman–Crippen LogP) is 3.14. The van der Waals surface area contributed by atoms with Crippen LogP contribution in [0.2, 0.25) is 0 Å². The highest BCUT2D eigenvalue weighted by atomic mass is 79.9. The molecule has 19 heavy (non-hydrogen) atoms. The Morgan fingerprint density at radius 2 is 2.00 bits per heavy atom. The Morgan fingerprint density at radius 3 is 2.68 bits per heavy atom. The molecule has 1 aromatic carbocycles. The Bertz CT molecular complexity index is 677. The molecule has 0 fully saturated rings. The van der Waals surface area contributed by atoms with Crippen LogP contribution in [0, 0.1) is 0 Å². The van der Waals surface area contributed by atoms with Gasteiger partial charge in [-0.1, -0.05) is 18.2 Å². The van der Waals surface area contributed by atoms with E-state index < -0.39 is 0 Å². The fraction of sp³-hybridized carbons (Fsp3) is 0.0769. The third-order valence-electron chi connectivity index (χ3n) is 2.79. The Kier molecular flexibility index (Phi) is 3.46. The van der Waals surface area contributed by atoms with Crippen LogP contribution in [0.4, 0.5) is 0 Å². The number of nitrogens with zero attached hydrogens (tertiary/aromatic N) is 3. The molecule has 0 saturated carbocycles. The van der Waals surface area contributed by atoms with Gasteiger partial charge in [-0.15, -0.1) is 0 Å². The summed E-state index contributed by atoms with van der Waals surface area (Å²) in [5.74, 6) is 0. The van der Waals surface area contributed by atoms with Crippen molar-refractivity contribution in [2.75, 3.05) is 0 Å². The Morgan fingerprint density at radius 1 is 1.21 bits per heavy atom. The lowest BCUT2D eigenvalue weighted by molar-refractivity contribution is 0.720. The minimum absolute atomic E-state index is 0.266. The van der Waals surface area contributed by atoms with E-state index in [1.165, 1.54) is 0 Å². The molecule has 1 unspecified atom stereocenters. The Hall–Kier alpha value is -1.50. The smallest absolute Gasteiger partial charge is 0.104 e. The highest BCUT2D eigenvalue weighted by Gasteiger charge is 2.16. The number of nitrogens with two attached hydrogens (primary N) is 1. The average molecular weight is 335 g/mol. The van der Waals surface area contributed by atoms with E-state index in [-0.39, 0.29) is 6.04 Å². The van der Waals surface area contributed by atoms with Crippen molar-refractivity contribution in [1.82, 2.24) is 15.0 Å². The van der Waals surface area contributed by atoms with Gasteiger partial charge in [0.15, 0.2) is 0 Å². The Labute approximate surface area is 123 Å². The number of halogens is 1. The maximum Gasteiger partial charge on any atom is 0.104 e. The summed E-state index contributed by atoms with van der Waals surface area (Å²) in [5.41, 5.74) is 8.92. The van der Waals surface area contributed by atoms with Gasteiger partial charge in [0.05, 0.1) is 17.9 Å². The number of benzene rings is 1. The van der Waals surface area contributed by atoms with E-state index in [0.717, 1.165) is 21.4 Å². The first-order valence-electron chi connectivity index (χ1n) is 5.70. The van der Waals surface area contributed by atoms with Gasteiger partial charge in [0.1, 0.15) is 5.69 Å². The second kappa shape index (κ2) is 5.24. The summed E-state index contributed by atoms with van der Waals surface area (Å²) >= 11 is 5.10. The van der Waals surface area contributed by atoms with Gasteiger partial charge >= 0.3 is 0 Å². The van der Waals surface area contributed by atoms with E-state index >= 15 is 0 Å². The Balaban J connectivity index is 1.92. The zero-order valence-corrected chi connectivity index (χ0v) is 12.3. The molecule has 0 aliphatic carbocycles. The summed E-state index contributed by atoms with van der Waals surface area (Å²) in [4.78, 5) is 1.59. The van der Waals surface area contributed by atoms with Crippen LogP contribution >= 0.6 is 27.3 Å². The summed E-state index contributed by atoms with van der Waals surface area (Å²) in [6.07, 6.45) is 1.71. The minimum Gasteiger partial charge on any atom is -0.319 e. The fourth-order valence-electron chi connectivity index (χ4n) is 1.78. The third-order valence-corrected chi connectivity index (χ3v) is 4.54. The monoisotopic (exact) mass is 334 g/mol. The summed E-state index contributed by atoms with van der Waals surface area (Å²) < 4.78 is 1.01. The first kappa shape index (κ1) is 12.5. The van der Waals surface area contributed by atoms with Crippen LogP contribution < -0.4 is 5.73 Å². The first-order valence-corrected chi connectivity index (χ1v) is 7.44. The minimum atomic E-state index is -0.266. The standard InChI is InChI=1S/C13H11BrN4S/c14-11-8-19-7-10(11)13(15)12-6-16-18(17-12)9-4-2-1-3-5-9/h1-8,13H,15H2. The molecule has 2 heterocycles. The van der Waals surface area contributed by atoms with Crippen molar-refractivity contribution in [1.29, 1.82) is 0 Å². The topological polar surface area (TPSA) is 56.7 Å². The van der Waals surface area contributed by atoms with Crippen molar-refractivity contribution < 1.29 is 0 Å². The highest BCUT2D eigenvalue weighted by molar-refractivity contribution is 9.10. The van der Waals surface area contributed by atoms with Gasteiger partial charge in [-0.25, -0.2) is 0 Å². The third kappa shape index (κ3) is 2.47. The number of thiophene rings is 1. The molecule has 2 N–H and O–H groups in total. The molecular formula is C13H11BrN4S. The molecule has 0 saturated heterocycles. The zero-order valence-electron chi connectivity index (χ0n) is 9.90. The van der Waals surface area contributed by atoms with Gasteiger partial charge < -0.3 is 5.73 Å². The van der Waals surface area contributed by atoms with Crippen LogP contribution in [-0.4, -0.2) is 15.0 Å². The molecular weight excluding hydrogens is 324 g/mol. The van der Waals surface area contributed by atoms with E-state index in [1.807, 2.05) is 41.1 Å². The van der Waals surface area contributed by atoms with Crippen molar-refractivity contribution in [2.24, 2.45) is 5.73 Å². The van der Waals surface area contributed by atoms with E-state index in [9.17, 15) is 0 Å². The molecule has 4 nitrogen and oxygen atoms in total. The first-order chi connectivity index (χ1) is 9.25. The lowest BCUT2D eigenvalue weighted by Crippen LogP contribution is -2.12. The summed E-state index contributed by atoms with van der Waals surface area (Å²) in [6.45, 7) is 0.